The van der Waals surface area contributed by atoms with E-state index in [0.717, 1.165) is 25.7 Å². The second-order valence-electron chi connectivity index (χ2n) is 5.10. The van der Waals surface area contributed by atoms with E-state index in [4.69, 9.17) is 4.84 Å². The molecule has 3 aliphatic rings. The Balaban J connectivity index is 1.70. The molecule has 91 valence electrons. The Hall–Kier alpha value is -1.04. The number of carbonyl (C=O) groups excluding carboxylic acids is 2. The lowest BCUT2D eigenvalue weighted by atomic mass is 9.64. The number of rotatable bonds is 4. The number of carbonyl (C=O) groups is 2. The van der Waals surface area contributed by atoms with Gasteiger partial charge < -0.3 is 9.69 Å². The number of hydrogen-bond donors (Lipinski definition) is 0. The van der Waals surface area contributed by atoms with Crippen molar-refractivity contribution in [3.8, 4) is 0 Å². The van der Waals surface area contributed by atoms with Crippen LogP contribution in [0.25, 0.3) is 0 Å². The Morgan fingerprint density at radius 1 is 1.35 bits per heavy atom. The van der Waals surface area contributed by atoms with Gasteiger partial charge in [-0.1, -0.05) is 18.7 Å². The van der Waals surface area contributed by atoms with Gasteiger partial charge >= 0.3 is 6.03 Å². The Morgan fingerprint density at radius 2 is 2.12 bits per heavy atom. The maximum Gasteiger partial charge on any atom is 0.344 e. The third-order valence-electron chi connectivity index (χ3n) is 3.87. The Labute approximate surface area is 101 Å². The fourth-order valence-corrected chi connectivity index (χ4v) is 2.77. The molecule has 17 heavy (non-hydrogen) atoms. The van der Waals surface area contributed by atoms with Gasteiger partial charge in [-0.25, -0.2) is 4.79 Å². The zero-order valence-corrected chi connectivity index (χ0v) is 9.96. The molecule has 2 bridgehead atoms. The van der Waals surface area contributed by atoms with Crippen LogP contribution in [-0.4, -0.2) is 54.7 Å². The van der Waals surface area contributed by atoms with Crippen molar-refractivity contribution in [2.75, 3.05) is 13.7 Å². The highest BCUT2D eigenvalue weighted by Crippen LogP contribution is 2.37. The van der Waals surface area contributed by atoms with Gasteiger partial charge in [-0.3, -0.25) is 4.84 Å². The summed E-state index contributed by atoms with van der Waals surface area (Å²) in [7, 11) is 3.32. The van der Waals surface area contributed by atoms with Gasteiger partial charge in [0.05, 0.1) is 19.2 Å². The molecule has 1 aliphatic carbocycles. The fraction of sp³-hybridized carbons (Fsp3) is 0.818. The minimum Gasteiger partial charge on any atom is -0.312 e. The summed E-state index contributed by atoms with van der Waals surface area (Å²) >= 11 is 0. The second-order valence-corrected chi connectivity index (χ2v) is 5.10. The molecule has 0 spiro atoms. The fourth-order valence-electron chi connectivity index (χ4n) is 2.77. The van der Waals surface area contributed by atoms with Gasteiger partial charge in [-0.15, -0.1) is 0 Å². The molecule has 1 radical (unpaired) electrons. The Bertz CT molecular complexity index is 359. The molecule has 2 amide bonds. The monoisotopic (exact) mass is 235 g/mol. The first-order chi connectivity index (χ1) is 8.20. The number of hydroxylamine groups is 2. The van der Waals surface area contributed by atoms with Gasteiger partial charge in [-0.2, -0.15) is 5.06 Å². The maximum atomic E-state index is 12.1. The lowest BCUT2D eigenvalue weighted by Crippen LogP contribution is -2.46. The minimum atomic E-state index is -0.250. The van der Waals surface area contributed by atoms with Crippen LogP contribution in [0, 0.1) is 0 Å². The zero-order valence-electron chi connectivity index (χ0n) is 9.96. The first-order valence-electron chi connectivity index (χ1n) is 6.23. The van der Waals surface area contributed by atoms with Gasteiger partial charge in [-0.05, 0) is 12.8 Å². The quantitative estimate of drug-likeness (QED) is 0.671. The average molecular weight is 235 g/mol. The van der Waals surface area contributed by atoms with E-state index in [-0.39, 0.29) is 23.8 Å². The van der Waals surface area contributed by atoms with E-state index in [2.05, 4.69) is 0 Å². The first kappa shape index (κ1) is 11.1. The van der Waals surface area contributed by atoms with Crippen molar-refractivity contribution in [1.82, 2.24) is 9.96 Å². The molecule has 0 unspecified atom stereocenters. The first-order valence-corrected chi connectivity index (χ1v) is 6.23. The molecule has 5 nitrogen and oxygen atoms in total. The highest BCUT2D eigenvalue weighted by atomic mass is 16.7. The van der Waals surface area contributed by atoms with E-state index >= 15 is 0 Å². The van der Waals surface area contributed by atoms with E-state index in [0.29, 0.717) is 12.4 Å². The zero-order chi connectivity index (χ0) is 12.0. The number of amides is 2. The van der Waals surface area contributed by atoms with Gasteiger partial charge in [0.1, 0.15) is 5.68 Å². The van der Waals surface area contributed by atoms with E-state index in [1.165, 1.54) is 12.2 Å². The molecule has 0 aromatic carbocycles. The SMILES string of the molecule is CON1C(=O)N2C[C@H]1CC[C@H]2C(=O)[B]C1CC1. The number of hydrogen-bond acceptors (Lipinski definition) is 3. The molecule has 6 heteroatoms. The topological polar surface area (TPSA) is 49.9 Å². The maximum absolute atomic E-state index is 12.1. The van der Waals surface area contributed by atoms with Crippen LogP contribution in [0.3, 0.4) is 0 Å². The van der Waals surface area contributed by atoms with Crippen LogP contribution in [0.5, 0.6) is 0 Å². The summed E-state index contributed by atoms with van der Waals surface area (Å²) in [6.45, 7) is 0.627. The molecule has 2 saturated heterocycles. The van der Waals surface area contributed by atoms with Crippen molar-refractivity contribution in [3.63, 3.8) is 0 Å². The van der Waals surface area contributed by atoms with Crippen LogP contribution in [0.15, 0.2) is 0 Å². The Kier molecular flexibility index (Phi) is 2.62. The standard InChI is InChI=1S/C11H16BN2O3/c1-17-14-8-4-5-9(13(6-8)11(14)16)10(15)12-7-2-3-7/h7-9H,2-6H2,1H3/t8-,9+/m1/s1. The van der Waals surface area contributed by atoms with Crippen molar-refractivity contribution in [2.45, 2.75) is 43.6 Å². The van der Waals surface area contributed by atoms with Crippen LogP contribution in [0.2, 0.25) is 5.82 Å². The lowest BCUT2D eigenvalue weighted by Gasteiger charge is -2.29. The third-order valence-corrected chi connectivity index (χ3v) is 3.87. The van der Waals surface area contributed by atoms with E-state index in [1.807, 2.05) is 7.28 Å². The third kappa shape index (κ3) is 1.84. The summed E-state index contributed by atoms with van der Waals surface area (Å²) in [6, 6.07) is -0.283. The molecule has 1 saturated carbocycles. The smallest absolute Gasteiger partial charge is 0.312 e. The highest BCUT2D eigenvalue weighted by Gasteiger charge is 2.47. The number of urea groups is 1. The van der Waals surface area contributed by atoms with Gasteiger partial charge in [0.2, 0.25) is 7.28 Å². The van der Waals surface area contributed by atoms with E-state index in [9.17, 15) is 9.59 Å². The molecule has 0 N–H and O–H groups in total. The predicted molar refractivity (Wildman–Crippen MR) is 61.5 cm³/mol. The normalized spacial score (nSPS) is 31.9. The van der Waals surface area contributed by atoms with Crippen LogP contribution >= 0.6 is 0 Å². The summed E-state index contributed by atoms with van der Waals surface area (Å²) in [5, 5.41) is 1.41. The van der Waals surface area contributed by atoms with Gasteiger partial charge in [0.15, 0.2) is 0 Å². The lowest BCUT2D eigenvalue weighted by molar-refractivity contribution is -0.116. The average Bonchev–Trinajstić information content (AvgIpc) is 3.09. The van der Waals surface area contributed by atoms with Crippen LogP contribution in [0.1, 0.15) is 25.7 Å². The summed E-state index contributed by atoms with van der Waals surface area (Å²) in [5.74, 6) is 0.469. The molecular weight excluding hydrogens is 219 g/mol. The molecule has 2 heterocycles. The second kappa shape index (κ2) is 4.01. The van der Waals surface area contributed by atoms with Crippen LogP contribution in [-0.2, 0) is 9.63 Å². The molecule has 3 rings (SSSR count). The molecule has 2 aliphatic heterocycles. The van der Waals surface area contributed by atoms with Crippen molar-refractivity contribution < 1.29 is 14.4 Å². The number of nitrogens with zero attached hydrogens (tertiary/aromatic N) is 2. The van der Waals surface area contributed by atoms with Crippen molar-refractivity contribution in [1.29, 1.82) is 0 Å². The predicted octanol–water partition coefficient (Wildman–Crippen LogP) is 0.629. The van der Waals surface area contributed by atoms with Crippen LogP contribution < -0.4 is 0 Å². The largest absolute Gasteiger partial charge is 0.344 e. The molecule has 0 aromatic heterocycles. The molecule has 0 aromatic rings. The van der Waals surface area contributed by atoms with Crippen LogP contribution in [0.4, 0.5) is 4.79 Å². The summed E-state index contributed by atoms with van der Waals surface area (Å²) in [6.07, 6.45) is 3.86. The van der Waals surface area contributed by atoms with Crippen molar-refractivity contribution >= 4 is 19.0 Å². The summed E-state index contributed by atoms with van der Waals surface area (Å²) in [5.41, 5.74) is 0.122. The molecular formula is C11H16BN2O3. The van der Waals surface area contributed by atoms with Crippen molar-refractivity contribution in [3.05, 3.63) is 0 Å². The molecule has 2 atom stereocenters. The summed E-state index contributed by atoms with van der Waals surface area (Å²) < 4.78 is 0. The Morgan fingerprint density at radius 3 is 2.76 bits per heavy atom. The number of fused-ring (bicyclic) bond motifs is 2. The number of piperidine rings is 1. The minimum absolute atomic E-state index is 0.122. The van der Waals surface area contributed by atoms with Gasteiger partial charge in [0.25, 0.3) is 0 Å². The molecule has 3 fully saturated rings. The van der Waals surface area contributed by atoms with Gasteiger partial charge in [0, 0.05) is 6.54 Å². The van der Waals surface area contributed by atoms with E-state index < -0.39 is 0 Å². The van der Waals surface area contributed by atoms with Crippen molar-refractivity contribution in [2.24, 2.45) is 0 Å². The summed E-state index contributed by atoms with van der Waals surface area (Å²) in [4.78, 5) is 30.8. The highest BCUT2D eigenvalue weighted by molar-refractivity contribution is 6.76. The van der Waals surface area contributed by atoms with E-state index in [1.54, 1.807) is 4.90 Å².